The van der Waals surface area contributed by atoms with Crippen LogP contribution in [0.5, 0.6) is 17.2 Å². The predicted octanol–water partition coefficient (Wildman–Crippen LogP) is 3.54. The van der Waals surface area contributed by atoms with E-state index in [9.17, 15) is 14.4 Å². The van der Waals surface area contributed by atoms with E-state index < -0.39 is 29.9 Å². The maximum atomic E-state index is 13.4. The lowest BCUT2D eigenvalue weighted by Crippen LogP contribution is -2.48. The first-order valence-electron chi connectivity index (χ1n) is 11.4. The Morgan fingerprint density at radius 2 is 1.83 bits per heavy atom. The number of urea groups is 1. The second kappa shape index (κ2) is 9.26. The molecular weight excluding hydrogens is 462 g/mol. The minimum absolute atomic E-state index is 0.281. The SMILES string of the molecule is COc1ccc(-c2cc(NC(=O)CN3C(=O)N[C@@]4(CCOc5ccccc54)C3=O)ccc2OC)cc1. The summed E-state index contributed by atoms with van der Waals surface area (Å²) in [5, 5.41) is 5.59. The molecule has 0 saturated carbocycles. The van der Waals surface area contributed by atoms with E-state index in [-0.39, 0.29) is 13.0 Å². The zero-order valence-corrected chi connectivity index (χ0v) is 19.9. The zero-order valence-electron chi connectivity index (χ0n) is 19.9. The van der Waals surface area contributed by atoms with Crippen molar-refractivity contribution in [3.8, 4) is 28.4 Å². The van der Waals surface area contributed by atoms with Crippen LogP contribution in [0.4, 0.5) is 10.5 Å². The van der Waals surface area contributed by atoms with E-state index in [0.29, 0.717) is 22.7 Å². The van der Waals surface area contributed by atoms with E-state index in [0.717, 1.165) is 21.8 Å². The molecule has 2 heterocycles. The highest BCUT2D eigenvalue weighted by molar-refractivity contribution is 6.10. The molecule has 1 atom stereocenters. The maximum Gasteiger partial charge on any atom is 0.325 e. The van der Waals surface area contributed by atoms with Gasteiger partial charge in [-0.15, -0.1) is 0 Å². The predicted molar refractivity (Wildman–Crippen MR) is 132 cm³/mol. The minimum atomic E-state index is -1.23. The molecule has 3 aromatic carbocycles. The number of fused-ring (bicyclic) bond motifs is 2. The zero-order chi connectivity index (χ0) is 25.3. The third-order valence-corrected chi connectivity index (χ3v) is 6.44. The average Bonchev–Trinajstić information content (AvgIpc) is 3.13. The number of imide groups is 1. The Kier molecular flexibility index (Phi) is 5.97. The first-order valence-corrected chi connectivity index (χ1v) is 11.4. The summed E-state index contributed by atoms with van der Waals surface area (Å²) in [5.41, 5.74) is 1.51. The monoisotopic (exact) mass is 487 g/mol. The molecule has 2 aliphatic rings. The van der Waals surface area contributed by atoms with Crippen LogP contribution in [-0.4, -0.2) is 50.1 Å². The fourth-order valence-electron chi connectivity index (χ4n) is 4.64. The molecule has 1 spiro atoms. The van der Waals surface area contributed by atoms with Crippen molar-refractivity contribution in [2.75, 3.05) is 32.7 Å². The van der Waals surface area contributed by atoms with Gasteiger partial charge in [0.05, 0.1) is 20.8 Å². The molecule has 2 aliphatic heterocycles. The van der Waals surface area contributed by atoms with Gasteiger partial charge in [-0.05, 0) is 42.0 Å². The van der Waals surface area contributed by atoms with Gasteiger partial charge in [0.25, 0.3) is 5.91 Å². The van der Waals surface area contributed by atoms with Crippen molar-refractivity contribution >= 4 is 23.5 Å². The highest BCUT2D eigenvalue weighted by atomic mass is 16.5. The van der Waals surface area contributed by atoms with Crippen molar-refractivity contribution in [3.05, 3.63) is 72.3 Å². The number of carbonyl (C=O) groups is 3. The molecule has 9 nitrogen and oxygen atoms in total. The van der Waals surface area contributed by atoms with Crippen molar-refractivity contribution in [2.45, 2.75) is 12.0 Å². The Morgan fingerprint density at radius 3 is 2.58 bits per heavy atom. The number of para-hydroxylation sites is 1. The number of nitrogens with one attached hydrogen (secondary N) is 2. The fraction of sp³-hybridized carbons (Fsp3) is 0.222. The lowest BCUT2D eigenvalue weighted by Gasteiger charge is -2.33. The van der Waals surface area contributed by atoms with Crippen molar-refractivity contribution in [1.29, 1.82) is 0 Å². The molecule has 0 bridgehead atoms. The third-order valence-electron chi connectivity index (χ3n) is 6.44. The van der Waals surface area contributed by atoms with E-state index >= 15 is 0 Å². The average molecular weight is 488 g/mol. The number of nitrogens with zero attached hydrogens (tertiary/aromatic N) is 1. The Morgan fingerprint density at radius 1 is 1.06 bits per heavy atom. The molecule has 36 heavy (non-hydrogen) atoms. The van der Waals surface area contributed by atoms with E-state index in [1.807, 2.05) is 24.3 Å². The van der Waals surface area contributed by atoms with Gasteiger partial charge >= 0.3 is 6.03 Å². The van der Waals surface area contributed by atoms with Crippen molar-refractivity contribution < 1.29 is 28.6 Å². The number of benzene rings is 3. The number of amides is 4. The van der Waals surface area contributed by atoms with Crippen LogP contribution in [0.1, 0.15) is 12.0 Å². The molecule has 3 aromatic rings. The van der Waals surface area contributed by atoms with Crippen LogP contribution >= 0.6 is 0 Å². The highest BCUT2D eigenvalue weighted by Gasteiger charge is 2.55. The van der Waals surface area contributed by atoms with E-state index in [4.69, 9.17) is 14.2 Å². The molecule has 184 valence electrons. The van der Waals surface area contributed by atoms with Crippen LogP contribution in [0.2, 0.25) is 0 Å². The van der Waals surface area contributed by atoms with Gasteiger partial charge in [0.15, 0.2) is 5.54 Å². The summed E-state index contributed by atoms with van der Waals surface area (Å²) in [6.45, 7) is -0.137. The first kappa shape index (κ1) is 23.2. The van der Waals surface area contributed by atoms with E-state index in [1.165, 1.54) is 0 Å². The lowest BCUT2D eigenvalue weighted by molar-refractivity contribution is -0.135. The summed E-state index contributed by atoms with van der Waals surface area (Å²) in [5.74, 6) is 0.940. The van der Waals surface area contributed by atoms with E-state index in [2.05, 4.69) is 10.6 Å². The number of carbonyl (C=O) groups excluding carboxylic acids is 3. The second-order valence-corrected chi connectivity index (χ2v) is 8.51. The Hall–Kier alpha value is -4.53. The molecule has 1 fully saturated rings. The van der Waals surface area contributed by atoms with Gasteiger partial charge in [-0.3, -0.25) is 14.5 Å². The summed E-state index contributed by atoms with van der Waals surface area (Å²) in [7, 11) is 3.17. The molecule has 1 saturated heterocycles. The molecular formula is C27H25N3O6. The molecule has 2 N–H and O–H groups in total. The fourth-order valence-corrected chi connectivity index (χ4v) is 4.64. The largest absolute Gasteiger partial charge is 0.497 e. The normalized spacial score (nSPS) is 18.3. The van der Waals surface area contributed by atoms with Crippen LogP contribution in [0.25, 0.3) is 11.1 Å². The highest BCUT2D eigenvalue weighted by Crippen LogP contribution is 2.41. The van der Waals surface area contributed by atoms with Crippen LogP contribution in [0.3, 0.4) is 0 Å². The number of methoxy groups -OCH3 is 2. The number of hydrogen-bond acceptors (Lipinski definition) is 6. The van der Waals surface area contributed by atoms with Gasteiger partial charge < -0.3 is 24.8 Å². The molecule has 0 aromatic heterocycles. The Balaban J connectivity index is 1.34. The summed E-state index contributed by atoms with van der Waals surface area (Å²) in [4.78, 5) is 40.0. The van der Waals surface area contributed by atoms with Crippen molar-refractivity contribution in [3.63, 3.8) is 0 Å². The standard InChI is InChI=1S/C27H25N3O6/c1-34-19-10-7-17(8-11-19)20-15-18(9-12-22(20)35-2)28-24(31)16-30-25(32)27(29-26(30)33)13-14-36-23-6-4-3-5-21(23)27/h3-12,15H,13-14,16H2,1-2H3,(H,28,31)(H,29,33)/t27-/m1/s1. The molecule has 0 radical (unpaired) electrons. The Bertz CT molecular complexity index is 1340. The molecule has 9 heteroatoms. The molecule has 0 aliphatic carbocycles. The smallest absolute Gasteiger partial charge is 0.325 e. The quantitative estimate of drug-likeness (QED) is 0.515. The molecule has 5 rings (SSSR count). The summed E-state index contributed by atoms with van der Waals surface area (Å²) in [6.07, 6.45) is 0.288. The minimum Gasteiger partial charge on any atom is -0.497 e. The number of ether oxygens (including phenoxy) is 3. The van der Waals surface area contributed by atoms with Crippen LogP contribution < -0.4 is 24.8 Å². The summed E-state index contributed by atoms with van der Waals surface area (Å²) < 4.78 is 16.4. The van der Waals surface area contributed by atoms with Crippen LogP contribution in [-0.2, 0) is 15.1 Å². The van der Waals surface area contributed by atoms with Crippen LogP contribution in [0, 0.1) is 0 Å². The van der Waals surface area contributed by atoms with Gasteiger partial charge in [0, 0.05) is 23.2 Å². The topological polar surface area (TPSA) is 106 Å². The van der Waals surface area contributed by atoms with Gasteiger partial charge in [-0.2, -0.15) is 0 Å². The van der Waals surface area contributed by atoms with Gasteiger partial charge in [0.2, 0.25) is 5.91 Å². The number of anilines is 1. The summed E-state index contributed by atoms with van der Waals surface area (Å²) in [6, 6.07) is 19.2. The van der Waals surface area contributed by atoms with Crippen LogP contribution in [0.15, 0.2) is 66.7 Å². The lowest BCUT2D eigenvalue weighted by atomic mass is 9.84. The Labute approximate surface area is 208 Å². The summed E-state index contributed by atoms with van der Waals surface area (Å²) >= 11 is 0. The van der Waals surface area contributed by atoms with Crippen molar-refractivity contribution in [1.82, 2.24) is 10.2 Å². The van der Waals surface area contributed by atoms with E-state index in [1.54, 1.807) is 56.7 Å². The second-order valence-electron chi connectivity index (χ2n) is 8.51. The van der Waals surface area contributed by atoms with Gasteiger partial charge in [-0.1, -0.05) is 30.3 Å². The number of hydrogen-bond donors (Lipinski definition) is 2. The van der Waals surface area contributed by atoms with Gasteiger partial charge in [0.1, 0.15) is 23.8 Å². The third kappa shape index (κ3) is 3.98. The molecule has 0 unspecified atom stereocenters. The van der Waals surface area contributed by atoms with Crippen molar-refractivity contribution in [2.24, 2.45) is 0 Å². The van der Waals surface area contributed by atoms with Gasteiger partial charge in [-0.25, -0.2) is 4.79 Å². The first-order chi connectivity index (χ1) is 17.4. The maximum absolute atomic E-state index is 13.4. The number of rotatable bonds is 6. The molecule has 4 amide bonds.